The van der Waals surface area contributed by atoms with E-state index in [-0.39, 0.29) is 12.0 Å². The van der Waals surface area contributed by atoms with Gasteiger partial charge in [-0.3, -0.25) is 4.90 Å². The number of β-amino-alcohol motifs (C(OH)–C–C–N with tert-alkyl or cyclic N) is 1. The van der Waals surface area contributed by atoms with Crippen molar-refractivity contribution in [3.63, 3.8) is 0 Å². The van der Waals surface area contributed by atoms with Crippen LogP contribution in [0.5, 0.6) is 0 Å². The molecule has 136 valence electrons. The van der Waals surface area contributed by atoms with E-state index in [1.54, 1.807) is 10.7 Å². The lowest BCUT2D eigenvalue weighted by molar-refractivity contribution is -0.138. The molecule has 0 amide bonds. The summed E-state index contributed by atoms with van der Waals surface area (Å²) in [6.45, 7) is 3.40. The number of halogens is 3. The van der Waals surface area contributed by atoms with Gasteiger partial charge >= 0.3 is 6.18 Å². The minimum atomic E-state index is -4.42. The normalized spacial score (nSPS) is 21.8. The Morgan fingerprint density at radius 1 is 1.28 bits per heavy atom. The molecule has 1 N–H and O–H groups in total. The van der Waals surface area contributed by atoms with E-state index in [0.717, 1.165) is 12.5 Å². The van der Waals surface area contributed by atoms with Gasteiger partial charge in [-0.05, 0) is 24.5 Å². The molecule has 1 aliphatic heterocycles. The zero-order valence-corrected chi connectivity index (χ0v) is 13.9. The van der Waals surface area contributed by atoms with Crippen LogP contribution in [0, 0.1) is 0 Å². The molecule has 0 unspecified atom stereocenters. The summed E-state index contributed by atoms with van der Waals surface area (Å²) in [6.07, 6.45) is -2.46. The van der Waals surface area contributed by atoms with Crippen LogP contribution >= 0.6 is 0 Å². The third-order valence-corrected chi connectivity index (χ3v) is 4.48. The molecule has 2 atom stereocenters. The first-order valence-corrected chi connectivity index (χ1v) is 8.35. The van der Waals surface area contributed by atoms with Gasteiger partial charge in [0.25, 0.3) is 0 Å². The van der Waals surface area contributed by atoms with Gasteiger partial charge < -0.3 is 5.11 Å². The molecule has 0 aliphatic carbocycles. The van der Waals surface area contributed by atoms with Gasteiger partial charge in [-0.2, -0.15) is 18.3 Å². The summed E-state index contributed by atoms with van der Waals surface area (Å²) < 4.78 is 41.8. The van der Waals surface area contributed by atoms with Crippen molar-refractivity contribution in [2.24, 2.45) is 0 Å². The van der Waals surface area contributed by atoms with Crippen LogP contribution in [0.2, 0.25) is 0 Å². The lowest BCUT2D eigenvalue weighted by Crippen LogP contribution is -2.27. The molecule has 1 aromatic heterocycles. The second kappa shape index (κ2) is 7.13. The van der Waals surface area contributed by atoms with Crippen molar-refractivity contribution in [1.29, 1.82) is 0 Å². The predicted molar refractivity (Wildman–Crippen MR) is 85.5 cm³/mol. The lowest BCUT2D eigenvalue weighted by atomic mass is 9.97. The number of hydrogen-bond donors (Lipinski definition) is 1. The van der Waals surface area contributed by atoms with Crippen LogP contribution in [-0.4, -0.2) is 37.4 Å². The van der Waals surface area contributed by atoms with Crippen molar-refractivity contribution >= 4 is 0 Å². The number of alkyl halides is 3. The first-order valence-electron chi connectivity index (χ1n) is 8.35. The van der Waals surface area contributed by atoms with Gasteiger partial charge in [0.05, 0.1) is 18.2 Å². The Morgan fingerprint density at radius 3 is 2.76 bits per heavy atom. The fourth-order valence-corrected chi connectivity index (χ4v) is 3.41. The van der Waals surface area contributed by atoms with Crippen molar-refractivity contribution in [1.82, 2.24) is 19.7 Å². The first kappa shape index (κ1) is 17.9. The van der Waals surface area contributed by atoms with Crippen molar-refractivity contribution in [3.8, 4) is 0 Å². The maximum absolute atomic E-state index is 13.4. The number of aromatic nitrogens is 3. The van der Waals surface area contributed by atoms with Crippen LogP contribution in [0.1, 0.15) is 42.8 Å². The minimum absolute atomic E-state index is 0.202. The zero-order chi connectivity index (χ0) is 18.0. The topological polar surface area (TPSA) is 54.2 Å². The predicted octanol–water partition coefficient (Wildman–Crippen LogP) is 3.01. The standard InChI is InChI=1S/C17H21F3N4O/c1-2-7-24-16(21-11-22-24)10-23-9-12(25)8-15(23)13-5-3-4-6-14(13)17(18,19)20/h3-6,11-12,15,25H,2,7-10H2,1H3/t12-,15+/m0/s1. The summed E-state index contributed by atoms with van der Waals surface area (Å²) in [7, 11) is 0. The number of aliphatic hydroxyl groups is 1. The van der Waals surface area contributed by atoms with E-state index in [2.05, 4.69) is 10.1 Å². The fourth-order valence-electron chi connectivity index (χ4n) is 3.41. The van der Waals surface area contributed by atoms with Crippen LogP contribution in [-0.2, 0) is 19.3 Å². The van der Waals surface area contributed by atoms with Gasteiger partial charge in [-0.15, -0.1) is 0 Å². The Bertz CT molecular complexity index is 716. The summed E-state index contributed by atoms with van der Waals surface area (Å²) in [5, 5.41) is 14.2. The van der Waals surface area contributed by atoms with Crippen LogP contribution in [0.3, 0.4) is 0 Å². The monoisotopic (exact) mass is 354 g/mol. The molecular weight excluding hydrogens is 333 g/mol. The molecule has 0 radical (unpaired) electrons. The minimum Gasteiger partial charge on any atom is -0.392 e. The molecule has 1 saturated heterocycles. The summed E-state index contributed by atoms with van der Waals surface area (Å²) in [5.74, 6) is 0.699. The van der Waals surface area contributed by atoms with Crippen molar-refractivity contribution in [2.75, 3.05) is 6.54 Å². The van der Waals surface area contributed by atoms with E-state index in [1.165, 1.54) is 18.5 Å². The largest absolute Gasteiger partial charge is 0.416 e. The molecule has 25 heavy (non-hydrogen) atoms. The van der Waals surface area contributed by atoms with Crippen molar-refractivity contribution in [2.45, 2.75) is 51.2 Å². The van der Waals surface area contributed by atoms with Gasteiger partial charge in [0.15, 0.2) is 0 Å². The zero-order valence-electron chi connectivity index (χ0n) is 13.9. The molecule has 2 heterocycles. The highest BCUT2D eigenvalue weighted by molar-refractivity contribution is 5.33. The second-order valence-electron chi connectivity index (χ2n) is 6.32. The smallest absolute Gasteiger partial charge is 0.392 e. The highest BCUT2D eigenvalue weighted by Gasteiger charge is 2.40. The summed E-state index contributed by atoms with van der Waals surface area (Å²) in [4.78, 5) is 6.08. The Balaban J connectivity index is 1.89. The molecule has 2 aromatic rings. The van der Waals surface area contributed by atoms with E-state index >= 15 is 0 Å². The van der Waals surface area contributed by atoms with E-state index in [4.69, 9.17) is 0 Å². The lowest BCUT2D eigenvalue weighted by Gasteiger charge is -2.26. The van der Waals surface area contributed by atoms with Gasteiger partial charge in [-0.25, -0.2) is 9.67 Å². The van der Waals surface area contributed by atoms with E-state index in [1.807, 2.05) is 11.8 Å². The molecule has 0 saturated carbocycles. The fraction of sp³-hybridized carbons (Fsp3) is 0.529. The highest BCUT2D eigenvalue weighted by atomic mass is 19.4. The van der Waals surface area contributed by atoms with Gasteiger partial charge in [0, 0.05) is 19.1 Å². The number of hydrogen-bond acceptors (Lipinski definition) is 4. The maximum Gasteiger partial charge on any atom is 0.416 e. The Morgan fingerprint density at radius 2 is 2.04 bits per heavy atom. The van der Waals surface area contributed by atoms with E-state index in [9.17, 15) is 18.3 Å². The molecule has 1 aromatic carbocycles. The Labute approximate surface area is 144 Å². The number of benzene rings is 1. The highest BCUT2D eigenvalue weighted by Crippen LogP contribution is 2.40. The number of aliphatic hydroxyl groups excluding tert-OH is 1. The Hall–Kier alpha value is -1.93. The van der Waals surface area contributed by atoms with Gasteiger partial charge in [0.2, 0.25) is 0 Å². The molecule has 5 nitrogen and oxygen atoms in total. The van der Waals surface area contributed by atoms with Crippen LogP contribution in [0.4, 0.5) is 13.2 Å². The van der Waals surface area contributed by atoms with Crippen LogP contribution in [0.15, 0.2) is 30.6 Å². The van der Waals surface area contributed by atoms with E-state index < -0.39 is 23.9 Å². The van der Waals surface area contributed by atoms with Crippen molar-refractivity contribution < 1.29 is 18.3 Å². The summed E-state index contributed by atoms with van der Waals surface area (Å²) >= 11 is 0. The van der Waals surface area contributed by atoms with Crippen LogP contribution < -0.4 is 0 Å². The molecule has 3 rings (SSSR count). The van der Waals surface area contributed by atoms with Gasteiger partial charge in [-0.1, -0.05) is 25.1 Å². The number of likely N-dealkylation sites (tertiary alicyclic amines) is 1. The van der Waals surface area contributed by atoms with Gasteiger partial charge in [0.1, 0.15) is 12.2 Å². The summed E-state index contributed by atoms with van der Waals surface area (Å²) in [5.41, 5.74) is -0.442. The van der Waals surface area contributed by atoms with Crippen molar-refractivity contribution in [3.05, 3.63) is 47.5 Å². The molecular formula is C17H21F3N4O. The quantitative estimate of drug-likeness (QED) is 0.897. The number of rotatable bonds is 5. The summed E-state index contributed by atoms with van der Waals surface area (Å²) in [6, 6.07) is 5.08. The average molecular weight is 354 g/mol. The third-order valence-electron chi connectivity index (χ3n) is 4.48. The third kappa shape index (κ3) is 3.85. The SMILES string of the molecule is CCCn1ncnc1CN1C[C@@H](O)C[C@@H]1c1ccccc1C(F)(F)F. The van der Waals surface area contributed by atoms with E-state index in [0.29, 0.717) is 25.5 Å². The number of aryl methyl sites for hydroxylation is 1. The molecule has 0 spiro atoms. The first-order chi connectivity index (χ1) is 11.9. The average Bonchev–Trinajstić information content (AvgIpc) is 3.14. The molecule has 1 fully saturated rings. The maximum atomic E-state index is 13.4. The second-order valence-corrected chi connectivity index (χ2v) is 6.32. The Kier molecular flexibility index (Phi) is 5.10. The molecule has 1 aliphatic rings. The molecule has 0 bridgehead atoms. The van der Waals surface area contributed by atoms with Crippen LogP contribution in [0.25, 0.3) is 0 Å². The molecule has 8 heteroatoms. The number of nitrogens with zero attached hydrogens (tertiary/aromatic N) is 4.